The Balaban J connectivity index is 1.53. The monoisotopic (exact) mass is 488 g/mol. The number of hydrogen-bond acceptors (Lipinski definition) is 4. The largest absolute Gasteiger partial charge is 0.333 e. The Kier molecular flexibility index (Phi) is 8.86. The molecule has 33 heavy (non-hydrogen) atoms. The van der Waals surface area contributed by atoms with E-state index in [-0.39, 0.29) is 37.1 Å². The maximum absolute atomic E-state index is 12.7. The fraction of sp³-hybridized carbons (Fsp3) is 0.333. The lowest BCUT2D eigenvalue weighted by Crippen LogP contribution is -2.39. The summed E-state index contributed by atoms with van der Waals surface area (Å²) in [5.41, 5.74) is 2.23. The van der Waals surface area contributed by atoms with E-state index in [9.17, 15) is 14.4 Å². The molecule has 7 nitrogen and oxygen atoms in total. The SMILES string of the molecule is CCCN(CC(=O)Nc1cc(Cl)ccc1Cl)C(=O)CCC(=O)N1CCC(c2ccccc2)=N1. The quantitative estimate of drug-likeness (QED) is 0.560. The fourth-order valence-corrected chi connectivity index (χ4v) is 3.83. The van der Waals surface area contributed by atoms with Crippen LogP contribution in [-0.2, 0) is 14.4 Å². The second-order valence-corrected chi connectivity index (χ2v) is 8.51. The van der Waals surface area contributed by atoms with E-state index in [2.05, 4.69) is 10.4 Å². The Hall–Kier alpha value is -2.90. The minimum atomic E-state index is -0.385. The minimum Gasteiger partial charge on any atom is -0.333 e. The average Bonchev–Trinajstić information content (AvgIpc) is 3.30. The summed E-state index contributed by atoms with van der Waals surface area (Å²) in [6.45, 7) is 2.69. The van der Waals surface area contributed by atoms with Crippen molar-refractivity contribution >= 4 is 52.3 Å². The Morgan fingerprint density at radius 3 is 2.58 bits per heavy atom. The predicted molar refractivity (Wildman–Crippen MR) is 131 cm³/mol. The standard InChI is InChI=1S/C24H26Cl2N4O3/c1-2-13-29(16-22(31)27-21-15-18(25)8-9-19(21)26)23(32)10-11-24(33)30-14-12-20(28-30)17-6-4-3-5-7-17/h3-9,15H,2,10-14,16H2,1H3,(H,27,31). The van der Waals surface area contributed by atoms with Crippen molar-refractivity contribution in [2.24, 2.45) is 5.10 Å². The summed E-state index contributed by atoms with van der Waals surface area (Å²) in [6, 6.07) is 14.5. The van der Waals surface area contributed by atoms with Gasteiger partial charge >= 0.3 is 0 Å². The van der Waals surface area contributed by atoms with Crippen LogP contribution in [0.1, 0.15) is 38.2 Å². The smallest absolute Gasteiger partial charge is 0.244 e. The van der Waals surface area contributed by atoms with Crippen LogP contribution < -0.4 is 5.32 Å². The molecule has 2 aromatic rings. The lowest BCUT2D eigenvalue weighted by molar-refractivity contribution is -0.138. The molecule has 0 spiro atoms. The van der Waals surface area contributed by atoms with Crippen molar-refractivity contribution < 1.29 is 14.4 Å². The van der Waals surface area contributed by atoms with Gasteiger partial charge in [0.25, 0.3) is 0 Å². The molecule has 0 aromatic heterocycles. The third kappa shape index (κ3) is 7.04. The number of carbonyl (C=O) groups excluding carboxylic acids is 3. The molecule has 0 unspecified atom stereocenters. The van der Waals surface area contributed by atoms with Crippen LogP contribution in [0.4, 0.5) is 5.69 Å². The molecule has 3 rings (SSSR count). The van der Waals surface area contributed by atoms with Crippen LogP contribution in [0.2, 0.25) is 10.0 Å². The summed E-state index contributed by atoms with van der Waals surface area (Å²) in [5.74, 6) is -0.853. The van der Waals surface area contributed by atoms with Crippen molar-refractivity contribution in [2.45, 2.75) is 32.6 Å². The summed E-state index contributed by atoms with van der Waals surface area (Å²) < 4.78 is 0. The summed E-state index contributed by atoms with van der Waals surface area (Å²) in [5, 5.41) is 9.32. The maximum atomic E-state index is 12.7. The lowest BCUT2D eigenvalue weighted by atomic mass is 10.1. The van der Waals surface area contributed by atoms with Crippen molar-refractivity contribution in [3.63, 3.8) is 0 Å². The fourth-order valence-electron chi connectivity index (χ4n) is 3.49. The second kappa shape index (κ2) is 11.8. The Bertz CT molecular complexity index is 1040. The first-order valence-electron chi connectivity index (χ1n) is 10.8. The van der Waals surface area contributed by atoms with Gasteiger partial charge in [0.15, 0.2) is 0 Å². The topological polar surface area (TPSA) is 82.1 Å². The number of nitrogens with zero attached hydrogens (tertiary/aromatic N) is 3. The first kappa shape index (κ1) is 24.7. The molecule has 0 radical (unpaired) electrons. The number of benzene rings is 2. The van der Waals surface area contributed by atoms with Gasteiger partial charge in [-0.2, -0.15) is 5.10 Å². The molecule has 1 heterocycles. The van der Waals surface area contributed by atoms with Gasteiger partial charge < -0.3 is 10.2 Å². The zero-order valence-corrected chi connectivity index (χ0v) is 19.9. The molecule has 0 aliphatic carbocycles. The van der Waals surface area contributed by atoms with Gasteiger partial charge in [0.2, 0.25) is 17.7 Å². The van der Waals surface area contributed by atoms with Gasteiger partial charge in [-0.25, -0.2) is 5.01 Å². The Morgan fingerprint density at radius 2 is 1.85 bits per heavy atom. The number of nitrogens with one attached hydrogen (secondary N) is 1. The van der Waals surface area contributed by atoms with Crippen LogP contribution in [-0.4, -0.2) is 53.0 Å². The van der Waals surface area contributed by atoms with E-state index in [1.54, 1.807) is 18.2 Å². The Morgan fingerprint density at radius 1 is 1.09 bits per heavy atom. The number of rotatable bonds is 9. The van der Waals surface area contributed by atoms with Crippen LogP contribution in [0.5, 0.6) is 0 Å². The van der Waals surface area contributed by atoms with Crippen LogP contribution in [0.25, 0.3) is 0 Å². The molecule has 1 aliphatic rings. The molecule has 174 valence electrons. The highest BCUT2D eigenvalue weighted by molar-refractivity contribution is 6.35. The molecule has 1 N–H and O–H groups in total. The Labute approximate surface area is 203 Å². The highest BCUT2D eigenvalue weighted by Crippen LogP contribution is 2.25. The van der Waals surface area contributed by atoms with Crippen molar-refractivity contribution in [3.8, 4) is 0 Å². The maximum Gasteiger partial charge on any atom is 0.244 e. The number of hydrogen-bond donors (Lipinski definition) is 1. The summed E-state index contributed by atoms with van der Waals surface area (Å²) in [6.07, 6.45) is 1.41. The van der Waals surface area contributed by atoms with Crippen molar-refractivity contribution in [1.82, 2.24) is 9.91 Å². The molecule has 3 amide bonds. The third-order valence-corrected chi connectivity index (χ3v) is 5.70. The molecule has 2 aromatic carbocycles. The average molecular weight is 489 g/mol. The van der Waals surface area contributed by atoms with E-state index >= 15 is 0 Å². The van der Waals surface area contributed by atoms with E-state index in [1.807, 2.05) is 37.3 Å². The van der Waals surface area contributed by atoms with E-state index in [0.29, 0.717) is 41.7 Å². The van der Waals surface area contributed by atoms with Gasteiger partial charge in [-0.15, -0.1) is 0 Å². The summed E-state index contributed by atoms with van der Waals surface area (Å²) in [4.78, 5) is 39.3. The van der Waals surface area contributed by atoms with E-state index in [4.69, 9.17) is 23.2 Å². The molecule has 0 bridgehead atoms. The van der Waals surface area contributed by atoms with Gasteiger partial charge in [0.1, 0.15) is 0 Å². The third-order valence-electron chi connectivity index (χ3n) is 5.13. The molecule has 9 heteroatoms. The van der Waals surface area contributed by atoms with Gasteiger partial charge in [-0.05, 0) is 30.2 Å². The number of carbonyl (C=O) groups is 3. The van der Waals surface area contributed by atoms with Crippen LogP contribution in [0.3, 0.4) is 0 Å². The summed E-state index contributed by atoms with van der Waals surface area (Å²) >= 11 is 12.0. The van der Waals surface area contributed by atoms with Gasteiger partial charge in [0.05, 0.1) is 29.5 Å². The van der Waals surface area contributed by atoms with Gasteiger partial charge in [-0.1, -0.05) is 60.5 Å². The van der Waals surface area contributed by atoms with E-state index in [0.717, 1.165) is 11.3 Å². The van der Waals surface area contributed by atoms with Gasteiger partial charge in [0, 0.05) is 30.8 Å². The first-order chi connectivity index (χ1) is 15.9. The number of hydrazone groups is 1. The van der Waals surface area contributed by atoms with E-state index in [1.165, 1.54) is 9.91 Å². The highest BCUT2D eigenvalue weighted by Gasteiger charge is 2.24. The highest BCUT2D eigenvalue weighted by atomic mass is 35.5. The predicted octanol–water partition coefficient (Wildman–Crippen LogP) is 4.59. The zero-order valence-electron chi connectivity index (χ0n) is 18.4. The molecule has 1 aliphatic heterocycles. The van der Waals surface area contributed by atoms with Crippen molar-refractivity contribution in [1.29, 1.82) is 0 Å². The molecular weight excluding hydrogens is 463 g/mol. The number of amides is 3. The number of anilines is 1. The second-order valence-electron chi connectivity index (χ2n) is 7.67. The molecule has 0 fully saturated rings. The van der Waals surface area contributed by atoms with Crippen LogP contribution >= 0.6 is 23.2 Å². The van der Waals surface area contributed by atoms with Crippen LogP contribution in [0, 0.1) is 0 Å². The van der Waals surface area contributed by atoms with Crippen molar-refractivity contribution in [2.75, 3.05) is 25.0 Å². The lowest BCUT2D eigenvalue weighted by Gasteiger charge is -2.22. The molecule has 0 saturated carbocycles. The van der Waals surface area contributed by atoms with Gasteiger partial charge in [-0.3, -0.25) is 14.4 Å². The molecular formula is C24H26Cl2N4O3. The normalized spacial score (nSPS) is 12.9. The minimum absolute atomic E-state index is 0.0106. The zero-order chi connectivity index (χ0) is 23.8. The molecule has 0 atom stereocenters. The summed E-state index contributed by atoms with van der Waals surface area (Å²) in [7, 11) is 0. The number of halogens is 2. The van der Waals surface area contributed by atoms with E-state index < -0.39 is 0 Å². The first-order valence-corrected chi connectivity index (χ1v) is 11.6. The molecule has 0 saturated heterocycles. The van der Waals surface area contributed by atoms with Crippen LogP contribution in [0.15, 0.2) is 53.6 Å². The van der Waals surface area contributed by atoms with Crippen molar-refractivity contribution in [3.05, 3.63) is 64.1 Å².